The molecule has 2 nitrogen and oxygen atoms in total. The molecule has 2 rings (SSSR count). The van der Waals surface area contributed by atoms with E-state index in [1.807, 2.05) is 12.4 Å². The van der Waals surface area contributed by atoms with Crippen LogP contribution in [0.1, 0.15) is 18.9 Å². The molecule has 1 aromatic heterocycles. The molecule has 3 heteroatoms. The maximum Gasteiger partial charge on any atom is 0.177 e. The van der Waals surface area contributed by atoms with Crippen molar-refractivity contribution < 1.29 is 0 Å². The number of hydrogen-bond donors (Lipinski definition) is 0. The zero-order chi connectivity index (χ0) is 6.27. The van der Waals surface area contributed by atoms with Gasteiger partial charge >= 0.3 is 0 Å². The molecular weight excluding hydrogens is 180 g/mol. The highest BCUT2D eigenvalue weighted by molar-refractivity contribution is 9.10. The van der Waals surface area contributed by atoms with Crippen molar-refractivity contribution in [2.24, 2.45) is 0 Å². The fourth-order valence-electron chi connectivity index (χ4n) is 0.920. The summed E-state index contributed by atoms with van der Waals surface area (Å²) in [5, 5.41) is 0. The lowest BCUT2D eigenvalue weighted by Crippen LogP contribution is -1.90. The summed E-state index contributed by atoms with van der Waals surface area (Å²) >= 11 is 3.36. The van der Waals surface area contributed by atoms with E-state index < -0.39 is 0 Å². The molecule has 0 aromatic carbocycles. The van der Waals surface area contributed by atoms with Crippen LogP contribution >= 0.6 is 15.9 Å². The van der Waals surface area contributed by atoms with Crippen molar-refractivity contribution in [2.75, 3.05) is 0 Å². The highest BCUT2D eigenvalue weighted by atomic mass is 79.9. The lowest BCUT2D eigenvalue weighted by atomic mass is 10.7. The van der Waals surface area contributed by atoms with Gasteiger partial charge in [0, 0.05) is 18.4 Å². The van der Waals surface area contributed by atoms with Crippen molar-refractivity contribution in [3.8, 4) is 0 Å². The van der Waals surface area contributed by atoms with Crippen molar-refractivity contribution in [3.63, 3.8) is 0 Å². The van der Waals surface area contributed by atoms with E-state index in [9.17, 15) is 0 Å². The van der Waals surface area contributed by atoms with E-state index in [-0.39, 0.29) is 0 Å². The zero-order valence-electron chi connectivity index (χ0n) is 4.92. The van der Waals surface area contributed by atoms with E-state index in [1.54, 1.807) is 0 Å². The summed E-state index contributed by atoms with van der Waals surface area (Å²) in [6, 6.07) is 0.738. The van der Waals surface area contributed by atoms with Crippen molar-refractivity contribution in [1.82, 2.24) is 9.55 Å². The molecule has 1 fully saturated rings. The number of nitrogens with zero attached hydrogens (tertiary/aromatic N) is 2. The number of imidazole rings is 1. The monoisotopic (exact) mass is 186 g/mol. The Morgan fingerprint density at radius 3 is 2.89 bits per heavy atom. The minimum absolute atomic E-state index is 0.738. The van der Waals surface area contributed by atoms with Gasteiger partial charge in [0.15, 0.2) is 4.73 Å². The zero-order valence-corrected chi connectivity index (χ0v) is 6.50. The van der Waals surface area contributed by atoms with Crippen molar-refractivity contribution in [1.29, 1.82) is 0 Å². The molecule has 1 aliphatic carbocycles. The normalized spacial score (nSPS) is 18.3. The lowest BCUT2D eigenvalue weighted by molar-refractivity contribution is 0.720. The summed E-state index contributed by atoms with van der Waals surface area (Å²) in [6.07, 6.45) is 6.47. The molecule has 9 heavy (non-hydrogen) atoms. The van der Waals surface area contributed by atoms with Crippen LogP contribution in [0, 0.1) is 0 Å². The van der Waals surface area contributed by atoms with Crippen LogP contribution in [0.3, 0.4) is 0 Å². The summed E-state index contributed by atoms with van der Waals surface area (Å²) < 4.78 is 3.13. The van der Waals surface area contributed by atoms with Crippen LogP contribution in [0.5, 0.6) is 0 Å². The Morgan fingerprint density at radius 2 is 2.44 bits per heavy atom. The Morgan fingerprint density at radius 1 is 1.67 bits per heavy atom. The van der Waals surface area contributed by atoms with E-state index in [1.165, 1.54) is 12.8 Å². The van der Waals surface area contributed by atoms with Crippen LogP contribution in [0.15, 0.2) is 17.1 Å². The first-order chi connectivity index (χ1) is 4.38. The molecule has 48 valence electrons. The Bertz CT molecular complexity index is 215. The first kappa shape index (κ1) is 5.47. The van der Waals surface area contributed by atoms with E-state index in [2.05, 4.69) is 25.5 Å². The van der Waals surface area contributed by atoms with Crippen molar-refractivity contribution >= 4 is 15.9 Å². The smallest absolute Gasteiger partial charge is 0.177 e. The second-order valence-electron chi connectivity index (χ2n) is 2.33. The fourth-order valence-corrected chi connectivity index (χ4v) is 1.45. The Balaban J connectivity index is 2.35. The van der Waals surface area contributed by atoms with Gasteiger partial charge in [0.25, 0.3) is 0 Å². The Kier molecular flexibility index (Phi) is 1.12. The molecular formula is C6H7BrN2. The predicted molar refractivity (Wildman–Crippen MR) is 38.2 cm³/mol. The second-order valence-corrected chi connectivity index (χ2v) is 3.04. The van der Waals surface area contributed by atoms with Crippen LogP contribution in [0.2, 0.25) is 0 Å². The first-order valence-corrected chi connectivity index (χ1v) is 3.85. The van der Waals surface area contributed by atoms with Gasteiger partial charge in [0.05, 0.1) is 0 Å². The van der Waals surface area contributed by atoms with E-state index >= 15 is 0 Å². The SMILES string of the molecule is Brc1nccn1C1CC1. The van der Waals surface area contributed by atoms with Gasteiger partial charge in [-0.05, 0) is 28.8 Å². The van der Waals surface area contributed by atoms with Crippen LogP contribution in [0.4, 0.5) is 0 Å². The third kappa shape index (κ3) is 0.894. The van der Waals surface area contributed by atoms with Gasteiger partial charge in [-0.15, -0.1) is 0 Å². The molecule has 0 atom stereocenters. The average molecular weight is 187 g/mol. The molecule has 1 saturated carbocycles. The first-order valence-electron chi connectivity index (χ1n) is 3.06. The summed E-state index contributed by atoms with van der Waals surface area (Å²) in [4.78, 5) is 4.06. The van der Waals surface area contributed by atoms with Gasteiger partial charge in [-0.3, -0.25) is 0 Å². The quantitative estimate of drug-likeness (QED) is 0.657. The van der Waals surface area contributed by atoms with Gasteiger partial charge < -0.3 is 4.57 Å². The lowest BCUT2D eigenvalue weighted by Gasteiger charge is -1.96. The molecule has 1 aromatic rings. The summed E-state index contributed by atoms with van der Waals surface area (Å²) in [7, 11) is 0. The Labute approximate surface area is 62.0 Å². The van der Waals surface area contributed by atoms with Gasteiger partial charge in [-0.1, -0.05) is 0 Å². The fraction of sp³-hybridized carbons (Fsp3) is 0.500. The maximum absolute atomic E-state index is 4.06. The molecule has 0 spiro atoms. The molecule has 0 amide bonds. The molecule has 0 radical (unpaired) electrons. The Hall–Kier alpha value is -0.310. The van der Waals surface area contributed by atoms with Crippen molar-refractivity contribution in [2.45, 2.75) is 18.9 Å². The molecule has 0 saturated heterocycles. The molecule has 1 heterocycles. The maximum atomic E-state index is 4.06. The largest absolute Gasteiger partial charge is 0.323 e. The topological polar surface area (TPSA) is 17.8 Å². The minimum atomic E-state index is 0.738. The third-order valence-electron chi connectivity index (χ3n) is 1.56. The second kappa shape index (κ2) is 1.84. The molecule has 1 aliphatic rings. The summed E-state index contributed by atoms with van der Waals surface area (Å²) in [6.45, 7) is 0. The number of rotatable bonds is 1. The molecule has 0 bridgehead atoms. The van der Waals surface area contributed by atoms with Gasteiger partial charge in [0.1, 0.15) is 0 Å². The minimum Gasteiger partial charge on any atom is -0.323 e. The molecule has 0 N–H and O–H groups in total. The van der Waals surface area contributed by atoms with E-state index in [4.69, 9.17) is 0 Å². The summed E-state index contributed by atoms with van der Waals surface area (Å²) in [5.74, 6) is 0. The molecule has 0 unspecified atom stereocenters. The molecule has 0 aliphatic heterocycles. The average Bonchev–Trinajstić information content (AvgIpc) is 2.58. The standard InChI is InChI=1S/C6H7BrN2/c7-6-8-3-4-9(6)5-1-2-5/h3-5H,1-2H2. The highest BCUT2D eigenvalue weighted by Gasteiger charge is 2.24. The van der Waals surface area contributed by atoms with Crippen LogP contribution < -0.4 is 0 Å². The van der Waals surface area contributed by atoms with Gasteiger partial charge in [0.2, 0.25) is 0 Å². The van der Waals surface area contributed by atoms with Crippen LogP contribution in [0.25, 0.3) is 0 Å². The van der Waals surface area contributed by atoms with Crippen LogP contribution in [-0.2, 0) is 0 Å². The third-order valence-corrected chi connectivity index (χ3v) is 2.18. The van der Waals surface area contributed by atoms with Gasteiger partial charge in [-0.2, -0.15) is 0 Å². The predicted octanol–water partition coefficient (Wildman–Crippen LogP) is 1.98. The van der Waals surface area contributed by atoms with E-state index in [0.29, 0.717) is 0 Å². The van der Waals surface area contributed by atoms with Crippen molar-refractivity contribution in [3.05, 3.63) is 17.1 Å². The van der Waals surface area contributed by atoms with Crippen LogP contribution in [-0.4, -0.2) is 9.55 Å². The van der Waals surface area contributed by atoms with Gasteiger partial charge in [-0.25, -0.2) is 4.98 Å². The number of aromatic nitrogens is 2. The number of hydrogen-bond acceptors (Lipinski definition) is 1. The summed E-state index contributed by atoms with van der Waals surface area (Å²) in [5.41, 5.74) is 0. The van der Waals surface area contributed by atoms with E-state index in [0.717, 1.165) is 10.8 Å². The highest BCUT2D eigenvalue weighted by Crippen LogP contribution is 2.36. The number of halogens is 1.